The van der Waals surface area contributed by atoms with Crippen LogP contribution in [0.1, 0.15) is 0 Å². The van der Waals surface area contributed by atoms with Gasteiger partial charge in [-0.3, -0.25) is 9.78 Å². The Morgan fingerprint density at radius 2 is 2.12 bits per heavy atom. The molecule has 0 atom stereocenters. The maximum atomic E-state index is 11.5. The van der Waals surface area contributed by atoms with Crippen LogP contribution < -0.4 is 10.9 Å². The SMILES string of the molecule is O=c1[nH]c(NCN(Cl)Cl)nc2nccnc12. The molecule has 0 amide bonds. The molecule has 84 valence electrons. The standard InChI is InChI=1S/C7H6Cl2N6O/c8-15(9)3-12-7-13-5-4(6(16)14-7)10-1-2-11-5/h1-2H,3H2,(H2,11,12,13,14,16). The third-order valence-electron chi connectivity index (χ3n) is 1.71. The molecule has 0 aliphatic heterocycles. The van der Waals surface area contributed by atoms with Gasteiger partial charge in [-0.2, -0.15) is 4.98 Å². The molecule has 0 bridgehead atoms. The van der Waals surface area contributed by atoms with Crippen LogP contribution in [0.2, 0.25) is 0 Å². The highest BCUT2D eigenvalue weighted by Gasteiger charge is 2.05. The third-order valence-corrected chi connectivity index (χ3v) is 1.95. The van der Waals surface area contributed by atoms with Crippen molar-refractivity contribution in [3.63, 3.8) is 0 Å². The van der Waals surface area contributed by atoms with Gasteiger partial charge in [0.05, 0.1) is 0 Å². The van der Waals surface area contributed by atoms with Crippen molar-refractivity contribution in [3.8, 4) is 0 Å². The van der Waals surface area contributed by atoms with Crippen molar-refractivity contribution in [2.24, 2.45) is 0 Å². The van der Waals surface area contributed by atoms with E-state index in [9.17, 15) is 4.79 Å². The summed E-state index contributed by atoms with van der Waals surface area (Å²) in [6, 6.07) is 0. The van der Waals surface area contributed by atoms with Gasteiger partial charge < -0.3 is 5.32 Å². The number of anilines is 1. The summed E-state index contributed by atoms with van der Waals surface area (Å²) in [6.07, 6.45) is 2.87. The average Bonchev–Trinajstić information content (AvgIpc) is 2.26. The molecule has 0 unspecified atom stereocenters. The lowest BCUT2D eigenvalue weighted by molar-refractivity contribution is 0.753. The molecule has 2 heterocycles. The molecule has 7 nitrogen and oxygen atoms in total. The fraction of sp³-hybridized carbons (Fsp3) is 0.143. The number of nitrogens with one attached hydrogen (secondary N) is 2. The van der Waals surface area contributed by atoms with Crippen molar-refractivity contribution < 1.29 is 0 Å². The van der Waals surface area contributed by atoms with Gasteiger partial charge in [0.15, 0.2) is 11.2 Å². The largest absolute Gasteiger partial charge is 0.340 e. The zero-order chi connectivity index (χ0) is 11.5. The molecule has 16 heavy (non-hydrogen) atoms. The van der Waals surface area contributed by atoms with E-state index < -0.39 is 0 Å². The Morgan fingerprint density at radius 3 is 2.88 bits per heavy atom. The summed E-state index contributed by atoms with van der Waals surface area (Å²) in [5.74, 6) is 0.226. The molecule has 2 rings (SSSR count). The van der Waals surface area contributed by atoms with E-state index in [4.69, 9.17) is 23.6 Å². The van der Waals surface area contributed by atoms with Crippen LogP contribution >= 0.6 is 23.6 Å². The van der Waals surface area contributed by atoms with E-state index in [0.717, 1.165) is 3.94 Å². The van der Waals surface area contributed by atoms with Gasteiger partial charge in [-0.1, -0.05) is 0 Å². The minimum Gasteiger partial charge on any atom is -0.340 e. The molecular formula is C7H6Cl2N6O. The number of aromatic amines is 1. The summed E-state index contributed by atoms with van der Waals surface area (Å²) in [6.45, 7) is 0.109. The van der Waals surface area contributed by atoms with Crippen LogP contribution in [-0.2, 0) is 0 Å². The lowest BCUT2D eigenvalue weighted by atomic mass is 10.5. The first-order chi connectivity index (χ1) is 7.66. The van der Waals surface area contributed by atoms with Crippen molar-refractivity contribution >= 4 is 40.7 Å². The van der Waals surface area contributed by atoms with Gasteiger partial charge >= 0.3 is 0 Å². The number of fused-ring (bicyclic) bond motifs is 1. The first-order valence-corrected chi connectivity index (χ1v) is 4.88. The van der Waals surface area contributed by atoms with Gasteiger partial charge in [0.2, 0.25) is 5.95 Å². The van der Waals surface area contributed by atoms with Gasteiger partial charge in [-0.05, 0) is 23.6 Å². The maximum Gasteiger partial charge on any atom is 0.280 e. The summed E-state index contributed by atoms with van der Waals surface area (Å²) in [4.78, 5) is 25.8. The third kappa shape index (κ3) is 2.38. The lowest BCUT2D eigenvalue weighted by Crippen LogP contribution is -2.18. The molecule has 0 aliphatic rings. The van der Waals surface area contributed by atoms with E-state index in [2.05, 4.69) is 25.3 Å². The highest BCUT2D eigenvalue weighted by Crippen LogP contribution is 2.03. The summed E-state index contributed by atoms with van der Waals surface area (Å²) in [5.41, 5.74) is 0.0578. The number of nitrogens with zero attached hydrogens (tertiary/aromatic N) is 4. The molecule has 2 aromatic rings. The minimum atomic E-state index is -0.378. The summed E-state index contributed by atoms with van der Waals surface area (Å²) >= 11 is 10.7. The Hall–Kier alpha value is -1.44. The Balaban J connectivity index is 2.38. The molecule has 0 aromatic carbocycles. The Bertz CT molecular complexity index is 556. The average molecular weight is 261 g/mol. The van der Waals surface area contributed by atoms with E-state index in [1.807, 2.05) is 0 Å². The topological polar surface area (TPSA) is 86.8 Å². The first-order valence-electron chi connectivity index (χ1n) is 4.21. The quantitative estimate of drug-likeness (QED) is 0.624. The van der Waals surface area contributed by atoms with Crippen LogP contribution in [-0.4, -0.2) is 30.5 Å². The molecule has 0 fully saturated rings. The molecule has 0 saturated carbocycles. The maximum absolute atomic E-state index is 11.5. The van der Waals surface area contributed by atoms with Gasteiger partial charge in [-0.25, -0.2) is 9.97 Å². The predicted octanol–water partition coefficient (Wildman–Crippen LogP) is 0.692. The monoisotopic (exact) mass is 260 g/mol. The van der Waals surface area contributed by atoms with E-state index in [1.54, 1.807) is 0 Å². The predicted molar refractivity (Wildman–Crippen MR) is 60.0 cm³/mol. The van der Waals surface area contributed by atoms with Crippen molar-refractivity contribution in [1.82, 2.24) is 23.9 Å². The Morgan fingerprint density at radius 1 is 1.38 bits per heavy atom. The van der Waals surface area contributed by atoms with E-state index in [0.29, 0.717) is 0 Å². The van der Waals surface area contributed by atoms with Crippen molar-refractivity contribution in [2.45, 2.75) is 0 Å². The fourth-order valence-electron chi connectivity index (χ4n) is 1.09. The molecule has 0 radical (unpaired) electrons. The zero-order valence-electron chi connectivity index (χ0n) is 7.81. The molecular weight excluding hydrogens is 255 g/mol. The van der Waals surface area contributed by atoms with Gasteiger partial charge in [0.1, 0.15) is 6.67 Å². The molecule has 0 aliphatic carbocycles. The van der Waals surface area contributed by atoms with Crippen molar-refractivity contribution in [2.75, 3.05) is 12.0 Å². The van der Waals surface area contributed by atoms with E-state index in [1.165, 1.54) is 12.4 Å². The van der Waals surface area contributed by atoms with Crippen LogP contribution in [0.5, 0.6) is 0 Å². The smallest absolute Gasteiger partial charge is 0.280 e. The van der Waals surface area contributed by atoms with E-state index in [-0.39, 0.29) is 29.3 Å². The molecule has 0 spiro atoms. The summed E-state index contributed by atoms with van der Waals surface area (Å²) < 4.78 is 0.862. The van der Waals surface area contributed by atoms with Crippen LogP contribution in [0.4, 0.5) is 5.95 Å². The molecule has 2 aromatic heterocycles. The second kappa shape index (κ2) is 4.60. The Labute approximate surface area is 99.7 Å². The number of hydrogen-bond donors (Lipinski definition) is 2. The van der Waals surface area contributed by atoms with Gasteiger partial charge in [-0.15, -0.1) is 3.94 Å². The normalized spacial score (nSPS) is 10.9. The lowest BCUT2D eigenvalue weighted by Gasteiger charge is -2.06. The number of hydrogen-bond acceptors (Lipinski definition) is 6. The van der Waals surface area contributed by atoms with Crippen LogP contribution in [0.3, 0.4) is 0 Å². The fourth-order valence-corrected chi connectivity index (χ4v) is 1.21. The number of rotatable bonds is 3. The van der Waals surface area contributed by atoms with Crippen molar-refractivity contribution in [1.29, 1.82) is 0 Å². The number of H-pyrrole nitrogens is 1. The van der Waals surface area contributed by atoms with Crippen molar-refractivity contribution in [3.05, 3.63) is 22.7 Å². The van der Waals surface area contributed by atoms with Crippen LogP contribution in [0.15, 0.2) is 17.2 Å². The first kappa shape index (κ1) is 11.1. The minimum absolute atomic E-state index is 0.109. The highest BCUT2D eigenvalue weighted by atomic mass is 35.5. The Kier molecular flexibility index (Phi) is 3.18. The summed E-state index contributed by atoms with van der Waals surface area (Å²) in [7, 11) is 0. The van der Waals surface area contributed by atoms with Gasteiger partial charge in [0, 0.05) is 12.4 Å². The molecule has 9 heteroatoms. The molecule has 0 saturated heterocycles. The second-order valence-electron chi connectivity index (χ2n) is 2.78. The second-order valence-corrected chi connectivity index (χ2v) is 3.77. The zero-order valence-corrected chi connectivity index (χ0v) is 9.33. The molecule has 2 N–H and O–H groups in total. The highest BCUT2D eigenvalue weighted by molar-refractivity contribution is 6.33. The number of aromatic nitrogens is 4. The van der Waals surface area contributed by atoms with Crippen LogP contribution in [0.25, 0.3) is 11.2 Å². The van der Waals surface area contributed by atoms with Crippen LogP contribution in [0, 0.1) is 0 Å². The number of halogens is 2. The van der Waals surface area contributed by atoms with E-state index >= 15 is 0 Å². The summed E-state index contributed by atoms with van der Waals surface area (Å²) in [5, 5.41) is 2.70. The van der Waals surface area contributed by atoms with Gasteiger partial charge in [0.25, 0.3) is 5.56 Å².